The van der Waals surface area contributed by atoms with Crippen molar-refractivity contribution in [2.75, 3.05) is 26.6 Å². The number of ether oxygens (including phenoxy) is 4. The zero-order valence-corrected chi connectivity index (χ0v) is 17.4. The number of carbonyl (C=O) groups is 3. The van der Waals surface area contributed by atoms with Crippen LogP contribution in [-0.4, -0.2) is 56.3 Å². The van der Waals surface area contributed by atoms with Crippen LogP contribution >= 0.6 is 0 Å². The number of urea groups is 1. The van der Waals surface area contributed by atoms with Crippen LogP contribution in [0.15, 0.2) is 34.6 Å². The van der Waals surface area contributed by atoms with E-state index in [0.29, 0.717) is 17.2 Å². The number of fused-ring (bicyclic) bond motifs is 1. The maximum Gasteiger partial charge on any atom is 0.347 e. The molecule has 0 aromatic heterocycles. The van der Waals surface area contributed by atoms with Crippen LogP contribution in [-0.2, 0) is 23.9 Å². The van der Waals surface area contributed by atoms with Crippen LogP contribution in [0.2, 0.25) is 0 Å². The number of esters is 2. The molecule has 3 rings (SSSR count). The van der Waals surface area contributed by atoms with Gasteiger partial charge < -0.3 is 34.4 Å². The summed E-state index contributed by atoms with van der Waals surface area (Å²) in [5.41, 5.74) is 1.61. The molecule has 0 aliphatic carbocycles. The molecule has 2 amide bonds. The summed E-state index contributed by atoms with van der Waals surface area (Å²) in [5, 5.41) is 8.92. The Morgan fingerprint density at radius 3 is 2.77 bits per heavy atom. The van der Waals surface area contributed by atoms with E-state index >= 15 is 0 Å². The van der Waals surface area contributed by atoms with Crippen molar-refractivity contribution in [1.29, 1.82) is 0 Å². The van der Waals surface area contributed by atoms with Gasteiger partial charge in [-0.15, -0.1) is 0 Å². The largest absolute Gasteiger partial charge is 0.463 e. The molecule has 0 fully saturated rings. The second kappa shape index (κ2) is 9.83. The lowest BCUT2D eigenvalue weighted by Gasteiger charge is -2.26. The Bertz CT molecular complexity index is 940. The monoisotopic (exact) mass is 433 g/mol. The SMILES string of the molecule is CCOC(=O)C1=C(COC(=O)CO/N=C(\C)c2ccc3c(c2)OCO3)NC(=O)NC1C. The molecule has 2 heterocycles. The molecular formula is C20H23N3O8. The van der Waals surface area contributed by atoms with Crippen molar-refractivity contribution in [3.8, 4) is 11.5 Å². The first kappa shape index (κ1) is 21.9. The van der Waals surface area contributed by atoms with Crippen LogP contribution < -0.4 is 20.1 Å². The number of nitrogens with one attached hydrogen (secondary N) is 2. The minimum absolute atomic E-state index is 0.156. The molecule has 0 radical (unpaired) electrons. The summed E-state index contributed by atoms with van der Waals surface area (Å²) in [6, 6.07) is 4.21. The molecule has 0 saturated carbocycles. The van der Waals surface area contributed by atoms with E-state index in [0.717, 1.165) is 5.56 Å². The lowest BCUT2D eigenvalue weighted by Crippen LogP contribution is -2.50. The minimum atomic E-state index is -0.724. The molecule has 11 nitrogen and oxygen atoms in total. The number of carbonyl (C=O) groups excluding carboxylic acids is 3. The third kappa shape index (κ3) is 5.44. The third-order valence-electron chi connectivity index (χ3n) is 4.42. The number of nitrogens with zero attached hydrogens (tertiary/aromatic N) is 1. The van der Waals surface area contributed by atoms with Crippen LogP contribution in [0.4, 0.5) is 4.79 Å². The lowest BCUT2D eigenvalue weighted by molar-refractivity contribution is -0.148. The fourth-order valence-electron chi connectivity index (χ4n) is 2.94. The average Bonchev–Trinajstić information content (AvgIpc) is 3.19. The van der Waals surface area contributed by atoms with Crippen LogP contribution in [0.5, 0.6) is 11.5 Å². The zero-order chi connectivity index (χ0) is 22.4. The van der Waals surface area contributed by atoms with Gasteiger partial charge in [0.2, 0.25) is 13.4 Å². The molecule has 0 bridgehead atoms. The minimum Gasteiger partial charge on any atom is -0.463 e. The molecule has 11 heteroatoms. The first-order valence-corrected chi connectivity index (χ1v) is 9.59. The van der Waals surface area contributed by atoms with E-state index in [1.807, 2.05) is 0 Å². The van der Waals surface area contributed by atoms with Crippen LogP contribution in [0.25, 0.3) is 0 Å². The fourth-order valence-corrected chi connectivity index (χ4v) is 2.94. The molecule has 1 atom stereocenters. The first-order chi connectivity index (χ1) is 14.9. The van der Waals surface area contributed by atoms with E-state index in [4.69, 9.17) is 23.8 Å². The number of hydrogen-bond acceptors (Lipinski definition) is 9. The highest BCUT2D eigenvalue weighted by Crippen LogP contribution is 2.32. The second-order valence-electron chi connectivity index (χ2n) is 6.61. The van der Waals surface area contributed by atoms with E-state index in [2.05, 4.69) is 15.8 Å². The highest BCUT2D eigenvalue weighted by molar-refractivity contribution is 5.99. The molecule has 2 aliphatic heterocycles. The van der Waals surface area contributed by atoms with Crippen LogP contribution in [0.1, 0.15) is 26.3 Å². The van der Waals surface area contributed by atoms with Crippen LogP contribution in [0.3, 0.4) is 0 Å². The van der Waals surface area contributed by atoms with Gasteiger partial charge in [0.15, 0.2) is 11.5 Å². The molecule has 2 aliphatic rings. The maximum absolute atomic E-state index is 12.2. The standard InChI is InChI=1S/C20H23N3O8/c1-4-27-19(25)18-12(3)21-20(26)22-14(18)8-28-17(24)9-31-23-11(2)13-5-6-15-16(7-13)30-10-29-15/h5-7,12H,4,8-10H2,1-3H3,(H2,21,22,26)/b23-11+. The molecule has 1 aromatic rings. The van der Waals surface area contributed by atoms with Crippen molar-refractivity contribution >= 4 is 23.7 Å². The van der Waals surface area contributed by atoms with Gasteiger partial charge in [0.05, 0.1) is 29.6 Å². The molecule has 1 aromatic carbocycles. The van der Waals surface area contributed by atoms with Crippen molar-refractivity contribution < 1.29 is 38.2 Å². The normalized spacial score (nSPS) is 17.6. The van der Waals surface area contributed by atoms with Gasteiger partial charge in [0, 0.05) is 5.56 Å². The molecule has 31 heavy (non-hydrogen) atoms. The fraction of sp³-hybridized carbons (Fsp3) is 0.400. The number of amides is 2. The van der Waals surface area contributed by atoms with E-state index in [1.54, 1.807) is 39.0 Å². The van der Waals surface area contributed by atoms with Gasteiger partial charge in [0.25, 0.3) is 0 Å². The quantitative estimate of drug-likeness (QED) is 0.355. The Morgan fingerprint density at radius 2 is 2.00 bits per heavy atom. The second-order valence-corrected chi connectivity index (χ2v) is 6.61. The first-order valence-electron chi connectivity index (χ1n) is 9.59. The average molecular weight is 433 g/mol. The molecule has 2 N–H and O–H groups in total. The number of oxime groups is 1. The number of rotatable bonds is 8. The summed E-state index contributed by atoms with van der Waals surface area (Å²) in [6.07, 6.45) is 0. The summed E-state index contributed by atoms with van der Waals surface area (Å²) < 4.78 is 20.7. The highest BCUT2D eigenvalue weighted by Gasteiger charge is 2.30. The topological polar surface area (TPSA) is 134 Å². The Balaban J connectivity index is 1.55. The highest BCUT2D eigenvalue weighted by atomic mass is 16.7. The molecule has 0 spiro atoms. The Hall–Kier alpha value is -3.76. The van der Waals surface area contributed by atoms with Gasteiger partial charge >= 0.3 is 18.0 Å². The van der Waals surface area contributed by atoms with Gasteiger partial charge in [-0.1, -0.05) is 5.16 Å². The van der Waals surface area contributed by atoms with Gasteiger partial charge in [-0.25, -0.2) is 14.4 Å². The Kier molecular flexibility index (Phi) is 6.96. The van der Waals surface area contributed by atoms with E-state index in [-0.39, 0.29) is 31.3 Å². The third-order valence-corrected chi connectivity index (χ3v) is 4.42. The zero-order valence-electron chi connectivity index (χ0n) is 17.4. The molecule has 166 valence electrons. The van der Waals surface area contributed by atoms with E-state index < -0.39 is 30.6 Å². The Labute approximate surface area is 178 Å². The predicted octanol–water partition coefficient (Wildman–Crippen LogP) is 1.22. The molecule has 0 saturated heterocycles. The number of benzene rings is 1. The van der Waals surface area contributed by atoms with E-state index in [1.165, 1.54) is 0 Å². The van der Waals surface area contributed by atoms with Crippen molar-refractivity contribution in [2.24, 2.45) is 5.16 Å². The van der Waals surface area contributed by atoms with Gasteiger partial charge in [0.1, 0.15) is 6.61 Å². The van der Waals surface area contributed by atoms with Gasteiger partial charge in [-0.2, -0.15) is 0 Å². The van der Waals surface area contributed by atoms with Gasteiger partial charge in [-0.3, -0.25) is 0 Å². The van der Waals surface area contributed by atoms with Crippen LogP contribution in [0, 0.1) is 0 Å². The summed E-state index contributed by atoms with van der Waals surface area (Å²) in [6.45, 7) is 4.58. The van der Waals surface area contributed by atoms with E-state index in [9.17, 15) is 14.4 Å². The smallest absolute Gasteiger partial charge is 0.347 e. The summed E-state index contributed by atoms with van der Waals surface area (Å²) >= 11 is 0. The van der Waals surface area contributed by atoms with Gasteiger partial charge in [-0.05, 0) is 39.0 Å². The molecule has 1 unspecified atom stereocenters. The lowest BCUT2D eigenvalue weighted by atomic mass is 10.0. The predicted molar refractivity (Wildman–Crippen MR) is 106 cm³/mol. The maximum atomic E-state index is 12.2. The summed E-state index contributed by atoms with van der Waals surface area (Å²) in [5.74, 6) is -0.0700. The summed E-state index contributed by atoms with van der Waals surface area (Å²) in [7, 11) is 0. The van der Waals surface area contributed by atoms with Crippen molar-refractivity contribution in [1.82, 2.24) is 10.6 Å². The van der Waals surface area contributed by atoms with Crippen molar-refractivity contribution in [2.45, 2.75) is 26.8 Å². The van der Waals surface area contributed by atoms with Crippen molar-refractivity contribution in [3.63, 3.8) is 0 Å². The summed E-state index contributed by atoms with van der Waals surface area (Å²) in [4.78, 5) is 40.9. The van der Waals surface area contributed by atoms with Crippen molar-refractivity contribution in [3.05, 3.63) is 35.0 Å². The Morgan fingerprint density at radius 1 is 1.23 bits per heavy atom. The molecular weight excluding hydrogens is 410 g/mol. The number of hydrogen-bond donors (Lipinski definition) is 2.